The van der Waals surface area contributed by atoms with Crippen LogP contribution in [0, 0.1) is 0 Å². The summed E-state index contributed by atoms with van der Waals surface area (Å²) in [5.41, 5.74) is 2.63. The molecule has 0 aliphatic heterocycles. The van der Waals surface area contributed by atoms with Gasteiger partial charge in [-0.1, -0.05) is 35.3 Å². The highest BCUT2D eigenvalue weighted by atomic mass is 35.5. The van der Waals surface area contributed by atoms with Crippen LogP contribution in [0.5, 0.6) is 0 Å². The first-order chi connectivity index (χ1) is 9.56. The third-order valence-corrected chi connectivity index (χ3v) is 4.82. The topological polar surface area (TPSA) is 38.0 Å². The van der Waals surface area contributed by atoms with Gasteiger partial charge in [0.05, 0.1) is 21.5 Å². The van der Waals surface area contributed by atoms with E-state index in [1.165, 1.54) is 11.3 Å². The third kappa shape index (κ3) is 2.44. The molecule has 1 atom stereocenters. The van der Waals surface area contributed by atoms with Crippen LogP contribution in [0.2, 0.25) is 8.67 Å². The second-order valence-electron chi connectivity index (χ2n) is 4.58. The maximum atomic E-state index is 10.3. The molecule has 2 aromatic heterocycles. The predicted octanol–water partition coefficient (Wildman–Crippen LogP) is 4.22. The van der Waals surface area contributed by atoms with Crippen molar-refractivity contribution in [2.24, 2.45) is 7.05 Å². The molecule has 3 nitrogen and oxygen atoms in total. The van der Waals surface area contributed by atoms with E-state index in [2.05, 4.69) is 4.98 Å². The van der Waals surface area contributed by atoms with Gasteiger partial charge in [0.1, 0.15) is 10.2 Å². The van der Waals surface area contributed by atoms with Crippen molar-refractivity contribution >= 4 is 45.6 Å². The van der Waals surface area contributed by atoms with Crippen molar-refractivity contribution in [3.63, 3.8) is 0 Å². The van der Waals surface area contributed by atoms with Gasteiger partial charge in [-0.2, -0.15) is 0 Å². The Morgan fingerprint density at radius 2 is 2.10 bits per heavy atom. The summed E-state index contributed by atoms with van der Waals surface area (Å²) in [5, 5.41) is 10.3. The Labute approximate surface area is 130 Å². The molecule has 3 aromatic rings. The lowest BCUT2D eigenvalue weighted by atomic mass is 10.1. The summed E-state index contributed by atoms with van der Waals surface area (Å²) in [6.45, 7) is 0. The molecule has 2 heterocycles. The first kappa shape index (κ1) is 13.9. The molecule has 0 aliphatic carbocycles. The predicted molar refractivity (Wildman–Crippen MR) is 83.7 cm³/mol. The molecule has 20 heavy (non-hydrogen) atoms. The van der Waals surface area contributed by atoms with Gasteiger partial charge in [0.2, 0.25) is 0 Å². The number of nitrogens with zero attached hydrogens (tertiary/aromatic N) is 2. The molecule has 0 fully saturated rings. The van der Waals surface area contributed by atoms with Crippen molar-refractivity contribution in [3.05, 3.63) is 50.4 Å². The minimum Gasteiger partial charge on any atom is -0.388 e. The van der Waals surface area contributed by atoms with Gasteiger partial charge in [0.25, 0.3) is 0 Å². The highest BCUT2D eigenvalue weighted by Gasteiger charge is 2.18. The maximum Gasteiger partial charge on any atom is 0.112 e. The lowest BCUT2D eigenvalue weighted by molar-refractivity contribution is 0.175. The van der Waals surface area contributed by atoms with E-state index in [4.69, 9.17) is 23.2 Å². The molecule has 0 spiro atoms. The molecule has 0 aliphatic rings. The first-order valence-corrected chi connectivity index (χ1v) is 7.66. The van der Waals surface area contributed by atoms with Crippen molar-refractivity contribution in [1.29, 1.82) is 0 Å². The molecule has 1 unspecified atom stereocenters. The Bertz CT molecular complexity index is 766. The summed E-state index contributed by atoms with van der Waals surface area (Å²) in [6, 6.07) is 9.60. The first-order valence-electron chi connectivity index (χ1n) is 6.09. The summed E-state index contributed by atoms with van der Waals surface area (Å²) >= 11 is 13.2. The summed E-state index contributed by atoms with van der Waals surface area (Å²) in [6.07, 6.45) is -0.306. The SMILES string of the molecule is Cn1c(CC(O)c2cc(Cl)sc2Cl)nc2ccccc21. The van der Waals surface area contributed by atoms with Crippen LogP contribution in [-0.4, -0.2) is 14.7 Å². The molecule has 1 N–H and O–H groups in total. The number of aliphatic hydroxyl groups excluding tert-OH is 1. The Hall–Kier alpha value is -1.07. The number of hydrogen-bond acceptors (Lipinski definition) is 3. The van der Waals surface area contributed by atoms with Crippen LogP contribution >= 0.6 is 34.5 Å². The van der Waals surface area contributed by atoms with Crippen LogP contribution in [0.25, 0.3) is 11.0 Å². The van der Waals surface area contributed by atoms with Crippen molar-refractivity contribution < 1.29 is 5.11 Å². The van der Waals surface area contributed by atoms with Gasteiger partial charge in [-0.3, -0.25) is 0 Å². The van der Waals surface area contributed by atoms with Crippen LogP contribution in [0.15, 0.2) is 30.3 Å². The Balaban J connectivity index is 1.93. The van der Waals surface area contributed by atoms with Crippen molar-refractivity contribution in [1.82, 2.24) is 9.55 Å². The van der Waals surface area contributed by atoms with E-state index in [1.54, 1.807) is 6.07 Å². The zero-order chi connectivity index (χ0) is 14.3. The highest BCUT2D eigenvalue weighted by molar-refractivity contribution is 7.20. The average Bonchev–Trinajstić information content (AvgIpc) is 2.91. The average molecular weight is 327 g/mol. The molecule has 0 bridgehead atoms. The van der Waals surface area contributed by atoms with E-state index in [-0.39, 0.29) is 0 Å². The maximum absolute atomic E-state index is 10.3. The number of aryl methyl sites for hydroxylation is 1. The number of benzene rings is 1. The number of hydrogen-bond donors (Lipinski definition) is 1. The van der Waals surface area contributed by atoms with E-state index in [0.717, 1.165) is 16.9 Å². The minimum absolute atomic E-state index is 0.401. The Morgan fingerprint density at radius 3 is 2.75 bits per heavy atom. The number of para-hydroxylation sites is 2. The number of fused-ring (bicyclic) bond motifs is 1. The lowest BCUT2D eigenvalue weighted by Crippen LogP contribution is -2.06. The summed E-state index contributed by atoms with van der Waals surface area (Å²) in [5.74, 6) is 0.817. The zero-order valence-electron chi connectivity index (χ0n) is 10.7. The molecule has 0 radical (unpaired) electrons. The fraction of sp³-hybridized carbons (Fsp3) is 0.214. The number of rotatable bonds is 3. The quantitative estimate of drug-likeness (QED) is 0.782. The minimum atomic E-state index is -0.707. The van der Waals surface area contributed by atoms with Gasteiger partial charge < -0.3 is 9.67 Å². The highest BCUT2D eigenvalue weighted by Crippen LogP contribution is 2.36. The van der Waals surface area contributed by atoms with Crippen molar-refractivity contribution in [3.8, 4) is 0 Å². The number of aliphatic hydroxyl groups is 1. The van der Waals surface area contributed by atoms with E-state index >= 15 is 0 Å². The molecule has 0 amide bonds. The molecule has 3 rings (SSSR count). The number of imidazole rings is 1. The molecule has 1 aromatic carbocycles. The van der Waals surface area contributed by atoms with Crippen LogP contribution in [-0.2, 0) is 13.5 Å². The summed E-state index contributed by atoms with van der Waals surface area (Å²) in [4.78, 5) is 4.54. The smallest absolute Gasteiger partial charge is 0.112 e. The van der Waals surface area contributed by atoms with Crippen LogP contribution in [0.1, 0.15) is 17.5 Å². The molecule has 104 valence electrons. The second-order valence-corrected chi connectivity index (χ2v) is 6.86. The van der Waals surface area contributed by atoms with E-state index in [0.29, 0.717) is 20.7 Å². The number of halogens is 2. The monoisotopic (exact) mass is 326 g/mol. The van der Waals surface area contributed by atoms with Crippen molar-refractivity contribution in [2.45, 2.75) is 12.5 Å². The van der Waals surface area contributed by atoms with Gasteiger partial charge in [-0.05, 0) is 18.2 Å². The molecule has 0 saturated carbocycles. The fourth-order valence-electron chi connectivity index (χ4n) is 2.24. The lowest BCUT2D eigenvalue weighted by Gasteiger charge is -2.09. The largest absolute Gasteiger partial charge is 0.388 e. The van der Waals surface area contributed by atoms with Crippen LogP contribution in [0.3, 0.4) is 0 Å². The zero-order valence-corrected chi connectivity index (χ0v) is 13.0. The second kappa shape index (κ2) is 5.37. The van der Waals surface area contributed by atoms with Gasteiger partial charge >= 0.3 is 0 Å². The van der Waals surface area contributed by atoms with Crippen LogP contribution < -0.4 is 0 Å². The fourth-order valence-corrected chi connectivity index (χ4v) is 3.81. The third-order valence-electron chi connectivity index (χ3n) is 3.30. The standard InChI is InChI=1S/C14H12Cl2N2OS/c1-18-10-5-3-2-4-9(10)17-13(18)7-11(19)8-6-12(15)20-14(8)16/h2-6,11,19H,7H2,1H3. The molecule has 0 saturated heterocycles. The number of thiophene rings is 1. The van der Waals surface area contributed by atoms with Gasteiger partial charge in [0.15, 0.2) is 0 Å². The van der Waals surface area contributed by atoms with Gasteiger partial charge in [0, 0.05) is 19.0 Å². The normalized spacial score (nSPS) is 13.0. The molecule has 6 heteroatoms. The van der Waals surface area contributed by atoms with Crippen LogP contribution in [0.4, 0.5) is 0 Å². The van der Waals surface area contributed by atoms with E-state index < -0.39 is 6.10 Å². The molecular weight excluding hydrogens is 315 g/mol. The Morgan fingerprint density at radius 1 is 1.35 bits per heavy atom. The van der Waals surface area contributed by atoms with Crippen molar-refractivity contribution in [2.75, 3.05) is 0 Å². The summed E-state index contributed by atoms with van der Waals surface area (Å²) < 4.78 is 3.09. The molecular formula is C14H12Cl2N2OS. The van der Waals surface area contributed by atoms with Gasteiger partial charge in [-0.25, -0.2) is 4.98 Å². The summed E-state index contributed by atoms with van der Waals surface area (Å²) in [7, 11) is 1.94. The van der Waals surface area contributed by atoms with E-state index in [9.17, 15) is 5.11 Å². The van der Waals surface area contributed by atoms with Gasteiger partial charge in [-0.15, -0.1) is 11.3 Å². The van der Waals surface area contributed by atoms with E-state index in [1.807, 2.05) is 35.9 Å². The number of aromatic nitrogens is 2. The Kier molecular flexibility index (Phi) is 3.73.